The Morgan fingerprint density at radius 1 is 1.23 bits per heavy atom. The molecular weight excluding hydrogens is 300 g/mol. The van der Waals surface area contributed by atoms with Crippen molar-refractivity contribution in [2.24, 2.45) is 0 Å². The number of hydrogen-bond acceptors (Lipinski definition) is 5. The first-order chi connectivity index (χ1) is 10.6. The molecule has 0 radical (unpaired) electrons. The number of nitrogens with two attached hydrogens (primary N) is 1. The number of nitrogen functional groups attached to an aromatic ring is 1. The van der Waals surface area contributed by atoms with Crippen molar-refractivity contribution in [3.63, 3.8) is 0 Å². The monoisotopic (exact) mass is 318 g/mol. The van der Waals surface area contributed by atoms with Crippen molar-refractivity contribution in [1.82, 2.24) is 9.97 Å². The molecule has 0 unspecified atom stereocenters. The molecule has 0 saturated carbocycles. The molecule has 1 aliphatic rings. The van der Waals surface area contributed by atoms with Gasteiger partial charge in [-0.2, -0.15) is 0 Å². The molecule has 0 amide bonds. The quantitative estimate of drug-likeness (QED) is 0.940. The zero-order chi connectivity index (χ0) is 15.7. The predicted molar refractivity (Wildman–Crippen MR) is 89.6 cm³/mol. The fourth-order valence-corrected chi connectivity index (χ4v) is 2.96. The van der Waals surface area contributed by atoms with Crippen molar-refractivity contribution in [1.29, 1.82) is 0 Å². The van der Waals surface area contributed by atoms with E-state index in [1.807, 2.05) is 19.1 Å². The number of halogens is 1. The predicted octanol–water partition coefficient (Wildman–Crippen LogP) is 3.30. The SMILES string of the molecule is COc1cc(Cl)ccc1-c1nc(C)nc(N2CCCC2)c1N. The van der Waals surface area contributed by atoms with Crippen LogP contribution >= 0.6 is 11.6 Å². The summed E-state index contributed by atoms with van der Waals surface area (Å²) in [5.74, 6) is 2.17. The smallest absolute Gasteiger partial charge is 0.156 e. The van der Waals surface area contributed by atoms with Gasteiger partial charge in [-0.05, 0) is 38.0 Å². The summed E-state index contributed by atoms with van der Waals surface area (Å²) in [4.78, 5) is 11.3. The largest absolute Gasteiger partial charge is 0.496 e. The minimum atomic E-state index is 0.591. The fourth-order valence-electron chi connectivity index (χ4n) is 2.80. The number of benzene rings is 1. The summed E-state index contributed by atoms with van der Waals surface area (Å²) >= 11 is 6.04. The summed E-state index contributed by atoms with van der Waals surface area (Å²) in [6.07, 6.45) is 2.34. The Labute approximate surface area is 135 Å². The second kappa shape index (κ2) is 6.01. The lowest BCUT2D eigenvalue weighted by Crippen LogP contribution is -2.21. The fraction of sp³-hybridized carbons (Fsp3) is 0.375. The van der Waals surface area contributed by atoms with Crippen molar-refractivity contribution in [3.05, 3.63) is 29.0 Å². The average molecular weight is 319 g/mol. The van der Waals surface area contributed by atoms with Gasteiger partial charge in [-0.1, -0.05) is 11.6 Å². The maximum atomic E-state index is 6.37. The lowest BCUT2D eigenvalue weighted by atomic mass is 10.1. The summed E-state index contributed by atoms with van der Waals surface area (Å²) in [5.41, 5.74) is 8.49. The second-order valence-corrected chi connectivity index (χ2v) is 5.83. The molecule has 2 aromatic rings. The molecule has 0 atom stereocenters. The standard InChI is InChI=1S/C16H19ClN4O/c1-10-19-15(12-6-5-11(17)9-13(12)22-2)14(18)16(20-10)21-7-3-4-8-21/h5-6,9H,3-4,7-8,18H2,1-2H3. The molecule has 2 N–H and O–H groups in total. The molecule has 1 aliphatic heterocycles. The first kappa shape index (κ1) is 14.9. The number of ether oxygens (including phenoxy) is 1. The summed E-state index contributed by atoms with van der Waals surface area (Å²) in [6, 6.07) is 5.46. The van der Waals surface area contributed by atoms with E-state index < -0.39 is 0 Å². The van der Waals surface area contributed by atoms with Gasteiger partial charge in [0.25, 0.3) is 0 Å². The second-order valence-electron chi connectivity index (χ2n) is 5.40. The van der Waals surface area contributed by atoms with Gasteiger partial charge in [0.2, 0.25) is 0 Å². The van der Waals surface area contributed by atoms with E-state index in [9.17, 15) is 0 Å². The minimum Gasteiger partial charge on any atom is -0.496 e. The first-order valence-corrected chi connectivity index (χ1v) is 7.71. The van der Waals surface area contributed by atoms with E-state index >= 15 is 0 Å². The van der Waals surface area contributed by atoms with Gasteiger partial charge in [-0.25, -0.2) is 9.97 Å². The Bertz CT molecular complexity index is 699. The molecule has 3 rings (SSSR count). The summed E-state index contributed by atoms with van der Waals surface area (Å²) in [5, 5.41) is 0.615. The molecule has 1 fully saturated rings. The summed E-state index contributed by atoms with van der Waals surface area (Å²) in [6.45, 7) is 3.85. The van der Waals surface area contributed by atoms with Gasteiger partial charge in [0.1, 0.15) is 23.0 Å². The molecule has 22 heavy (non-hydrogen) atoms. The summed E-state index contributed by atoms with van der Waals surface area (Å²) in [7, 11) is 1.61. The van der Waals surface area contributed by atoms with Crippen molar-refractivity contribution in [2.75, 3.05) is 30.8 Å². The number of rotatable bonds is 3. The van der Waals surface area contributed by atoms with Gasteiger partial charge in [0.15, 0.2) is 5.82 Å². The molecule has 0 spiro atoms. The van der Waals surface area contributed by atoms with Crippen molar-refractivity contribution >= 4 is 23.1 Å². The maximum absolute atomic E-state index is 6.37. The molecular formula is C16H19ClN4O. The average Bonchev–Trinajstić information content (AvgIpc) is 3.03. The Hall–Kier alpha value is -2.01. The van der Waals surface area contributed by atoms with Crippen LogP contribution in [0.2, 0.25) is 5.02 Å². The van der Waals surface area contributed by atoms with Gasteiger partial charge in [-0.3, -0.25) is 0 Å². The highest BCUT2D eigenvalue weighted by Crippen LogP contribution is 2.38. The normalized spacial score (nSPS) is 14.4. The Morgan fingerprint density at radius 3 is 2.64 bits per heavy atom. The number of anilines is 2. The highest BCUT2D eigenvalue weighted by molar-refractivity contribution is 6.30. The molecule has 0 bridgehead atoms. The molecule has 5 nitrogen and oxygen atoms in total. The zero-order valence-electron chi connectivity index (χ0n) is 12.8. The molecule has 1 aromatic carbocycles. The molecule has 0 aliphatic carbocycles. The van der Waals surface area contributed by atoms with Crippen LogP contribution < -0.4 is 15.4 Å². The van der Waals surface area contributed by atoms with Gasteiger partial charge >= 0.3 is 0 Å². The molecule has 6 heteroatoms. The van der Waals surface area contributed by atoms with E-state index in [0.717, 1.165) is 24.5 Å². The van der Waals surface area contributed by atoms with Crippen LogP contribution in [0, 0.1) is 6.92 Å². The molecule has 1 saturated heterocycles. The molecule has 1 aromatic heterocycles. The number of nitrogens with zero attached hydrogens (tertiary/aromatic N) is 3. The topological polar surface area (TPSA) is 64.3 Å². The lowest BCUT2D eigenvalue weighted by Gasteiger charge is -2.21. The first-order valence-electron chi connectivity index (χ1n) is 7.33. The summed E-state index contributed by atoms with van der Waals surface area (Å²) < 4.78 is 5.43. The maximum Gasteiger partial charge on any atom is 0.156 e. The highest BCUT2D eigenvalue weighted by atomic mass is 35.5. The van der Waals surface area contributed by atoms with Gasteiger partial charge in [-0.15, -0.1) is 0 Å². The van der Waals surface area contributed by atoms with E-state index in [1.165, 1.54) is 12.8 Å². The Morgan fingerprint density at radius 2 is 1.95 bits per heavy atom. The molecule has 116 valence electrons. The van der Waals surface area contributed by atoms with Crippen LogP contribution in [0.25, 0.3) is 11.3 Å². The van der Waals surface area contributed by atoms with Crippen LogP contribution in [0.15, 0.2) is 18.2 Å². The van der Waals surface area contributed by atoms with Gasteiger partial charge in [0.05, 0.1) is 7.11 Å². The van der Waals surface area contributed by atoms with E-state index in [4.69, 9.17) is 22.1 Å². The number of methoxy groups -OCH3 is 1. The number of aryl methyl sites for hydroxylation is 1. The zero-order valence-corrected chi connectivity index (χ0v) is 13.5. The van der Waals surface area contributed by atoms with E-state index in [2.05, 4.69) is 14.9 Å². The van der Waals surface area contributed by atoms with Crippen LogP contribution in [0.3, 0.4) is 0 Å². The van der Waals surface area contributed by atoms with Crippen LogP contribution in [0.5, 0.6) is 5.75 Å². The van der Waals surface area contributed by atoms with Gasteiger partial charge in [0, 0.05) is 23.7 Å². The minimum absolute atomic E-state index is 0.591. The third-order valence-corrected chi connectivity index (χ3v) is 4.10. The van der Waals surface area contributed by atoms with Gasteiger partial charge < -0.3 is 15.4 Å². The Kier molecular flexibility index (Phi) is 4.07. The number of hydrogen-bond donors (Lipinski definition) is 1. The third-order valence-electron chi connectivity index (χ3n) is 3.86. The third kappa shape index (κ3) is 2.68. The van der Waals surface area contributed by atoms with E-state index in [0.29, 0.717) is 28.0 Å². The van der Waals surface area contributed by atoms with Crippen LogP contribution in [0.4, 0.5) is 11.5 Å². The van der Waals surface area contributed by atoms with Crippen LogP contribution in [-0.4, -0.2) is 30.2 Å². The van der Waals surface area contributed by atoms with Crippen LogP contribution in [-0.2, 0) is 0 Å². The van der Waals surface area contributed by atoms with Crippen molar-refractivity contribution in [2.45, 2.75) is 19.8 Å². The van der Waals surface area contributed by atoms with Crippen molar-refractivity contribution in [3.8, 4) is 17.0 Å². The number of aromatic nitrogens is 2. The lowest BCUT2D eigenvalue weighted by molar-refractivity contribution is 0.416. The Balaban J connectivity index is 2.15. The molecule has 2 heterocycles. The van der Waals surface area contributed by atoms with E-state index in [-0.39, 0.29) is 0 Å². The van der Waals surface area contributed by atoms with E-state index in [1.54, 1.807) is 13.2 Å². The highest BCUT2D eigenvalue weighted by Gasteiger charge is 2.21. The van der Waals surface area contributed by atoms with Crippen molar-refractivity contribution < 1.29 is 4.74 Å². The van der Waals surface area contributed by atoms with Crippen LogP contribution in [0.1, 0.15) is 18.7 Å².